The number of hydrogen-bond donors (Lipinski definition) is 1. The van der Waals surface area contributed by atoms with Crippen molar-refractivity contribution >= 4 is 0 Å². The largest absolute Gasteiger partial charge is 0.465 e. The monoisotopic (exact) mass is 254 g/mol. The molecule has 18 heavy (non-hydrogen) atoms. The van der Waals surface area contributed by atoms with Crippen LogP contribution in [0.1, 0.15) is 30.4 Å². The maximum absolute atomic E-state index is 5.77. The summed E-state index contributed by atoms with van der Waals surface area (Å²) in [5.74, 6) is 2.05. The van der Waals surface area contributed by atoms with E-state index in [-0.39, 0.29) is 0 Å². The smallest absolute Gasteiger partial charge is 0.118 e. The third-order valence-corrected chi connectivity index (χ3v) is 2.92. The van der Waals surface area contributed by atoms with Crippen LogP contribution in [0, 0.1) is 6.92 Å². The Morgan fingerprint density at radius 3 is 2.89 bits per heavy atom. The average molecular weight is 254 g/mol. The molecule has 0 atom stereocenters. The Labute approximate surface area is 110 Å². The van der Waals surface area contributed by atoms with Gasteiger partial charge in [0.2, 0.25) is 0 Å². The summed E-state index contributed by atoms with van der Waals surface area (Å²) in [4.78, 5) is 2.20. The van der Waals surface area contributed by atoms with Crippen molar-refractivity contribution in [2.24, 2.45) is 0 Å². The molecule has 0 unspecified atom stereocenters. The molecule has 0 spiro atoms. The second-order valence-electron chi connectivity index (χ2n) is 4.70. The SMILES string of the molecule is CCCNCc1cc(CN(C)CCOC)oc1C. The first-order valence-corrected chi connectivity index (χ1v) is 6.63. The first kappa shape index (κ1) is 15.2. The van der Waals surface area contributed by atoms with Crippen molar-refractivity contribution in [3.05, 3.63) is 23.2 Å². The van der Waals surface area contributed by atoms with Gasteiger partial charge in [0.15, 0.2) is 0 Å². The van der Waals surface area contributed by atoms with Crippen molar-refractivity contribution in [2.75, 3.05) is 33.9 Å². The van der Waals surface area contributed by atoms with E-state index in [1.807, 2.05) is 6.92 Å². The Kier molecular flexibility index (Phi) is 7.01. The molecule has 0 amide bonds. The fourth-order valence-corrected chi connectivity index (χ4v) is 1.83. The molecule has 4 heteroatoms. The Hall–Kier alpha value is -0.840. The molecule has 0 bridgehead atoms. The molecule has 0 aliphatic carbocycles. The van der Waals surface area contributed by atoms with Crippen molar-refractivity contribution in [2.45, 2.75) is 33.4 Å². The fraction of sp³-hybridized carbons (Fsp3) is 0.714. The van der Waals surface area contributed by atoms with Gasteiger partial charge in [0.05, 0.1) is 13.2 Å². The number of aryl methyl sites for hydroxylation is 1. The van der Waals surface area contributed by atoms with Crippen molar-refractivity contribution in [1.82, 2.24) is 10.2 Å². The molecule has 0 aromatic carbocycles. The van der Waals surface area contributed by atoms with Crippen LogP contribution in [0.2, 0.25) is 0 Å². The van der Waals surface area contributed by atoms with Gasteiger partial charge in [-0.1, -0.05) is 6.92 Å². The summed E-state index contributed by atoms with van der Waals surface area (Å²) in [6.07, 6.45) is 1.16. The molecular weight excluding hydrogens is 228 g/mol. The number of methoxy groups -OCH3 is 1. The van der Waals surface area contributed by atoms with Gasteiger partial charge in [-0.2, -0.15) is 0 Å². The first-order chi connectivity index (χ1) is 8.67. The molecule has 0 fully saturated rings. The molecule has 1 rings (SSSR count). The molecule has 0 aliphatic rings. The number of likely N-dealkylation sites (N-methyl/N-ethyl adjacent to an activating group) is 1. The van der Waals surface area contributed by atoms with Crippen LogP contribution in [0.4, 0.5) is 0 Å². The van der Waals surface area contributed by atoms with Gasteiger partial charge >= 0.3 is 0 Å². The minimum atomic E-state index is 0.751. The maximum Gasteiger partial charge on any atom is 0.118 e. The predicted octanol–water partition coefficient (Wildman–Crippen LogP) is 2.17. The van der Waals surface area contributed by atoms with Gasteiger partial charge in [-0.05, 0) is 33.0 Å². The normalized spacial score (nSPS) is 11.4. The van der Waals surface area contributed by atoms with E-state index < -0.39 is 0 Å². The molecule has 0 saturated carbocycles. The summed E-state index contributed by atoms with van der Waals surface area (Å²) in [7, 11) is 3.80. The van der Waals surface area contributed by atoms with Gasteiger partial charge in [-0.15, -0.1) is 0 Å². The van der Waals surface area contributed by atoms with Crippen LogP contribution in [0.3, 0.4) is 0 Å². The summed E-state index contributed by atoms with van der Waals surface area (Å²) in [5, 5.41) is 3.40. The molecule has 1 heterocycles. The predicted molar refractivity (Wildman–Crippen MR) is 73.7 cm³/mol. The lowest BCUT2D eigenvalue weighted by Gasteiger charge is -2.13. The van der Waals surface area contributed by atoms with E-state index in [1.54, 1.807) is 7.11 Å². The van der Waals surface area contributed by atoms with Crippen LogP contribution in [0.15, 0.2) is 10.5 Å². The highest BCUT2D eigenvalue weighted by molar-refractivity contribution is 5.20. The van der Waals surface area contributed by atoms with Crippen LogP contribution < -0.4 is 5.32 Å². The minimum Gasteiger partial charge on any atom is -0.465 e. The van der Waals surface area contributed by atoms with Gasteiger partial charge in [-0.25, -0.2) is 0 Å². The Morgan fingerprint density at radius 1 is 1.44 bits per heavy atom. The molecule has 4 nitrogen and oxygen atoms in total. The highest BCUT2D eigenvalue weighted by Crippen LogP contribution is 2.15. The molecule has 1 aromatic rings. The Bertz CT molecular complexity index is 337. The first-order valence-electron chi connectivity index (χ1n) is 6.63. The maximum atomic E-state index is 5.77. The fourth-order valence-electron chi connectivity index (χ4n) is 1.83. The molecule has 0 radical (unpaired) electrons. The second-order valence-corrected chi connectivity index (χ2v) is 4.70. The van der Waals surface area contributed by atoms with Gasteiger partial charge < -0.3 is 14.5 Å². The van der Waals surface area contributed by atoms with Crippen molar-refractivity contribution in [3.63, 3.8) is 0 Å². The van der Waals surface area contributed by atoms with Crippen molar-refractivity contribution in [1.29, 1.82) is 0 Å². The van der Waals surface area contributed by atoms with Gasteiger partial charge in [0.25, 0.3) is 0 Å². The summed E-state index contributed by atoms with van der Waals surface area (Å²) in [6, 6.07) is 2.15. The number of furan rings is 1. The van der Waals surface area contributed by atoms with Gasteiger partial charge in [-0.3, -0.25) is 4.90 Å². The number of hydrogen-bond acceptors (Lipinski definition) is 4. The van der Waals surface area contributed by atoms with Crippen molar-refractivity contribution < 1.29 is 9.15 Å². The molecule has 1 aromatic heterocycles. The minimum absolute atomic E-state index is 0.751. The van der Waals surface area contributed by atoms with Crippen LogP contribution in [-0.4, -0.2) is 38.8 Å². The van der Waals surface area contributed by atoms with E-state index in [0.29, 0.717) is 0 Å². The lowest BCUT2D eigenvalue weighted by molar-refractivity contribution is 0.154. The number of nitrogens with zero attached hydrogens (tertiary/aromatic N) is 1. The van der Waals surface area contributed by atoms with Crippen LogP contribution in [0.25, 0.3) is 0 Å². The molecule has 0 aliphatic heterocycles. The van der Waals surface area contributed by atoms with Crippen LogP contribution in [0.5, 0.6) is 0 Å². The van der Waals surface area contributed by atoms with Gasteiger partial charge in [0.1, 0.15) is 11.5 Å². The summed E-state index contributed by atoms with van der Waals surface area (Å²) < 4.78 is 10.8. The zero-order valence-electron chi connectivity index (χ0n) is 12.1. The summed E-state index contributed by atoms with van der Waals surface area (Å²) in [5.41, 5.74) is 1.26. The third kappa shape index (κ3) is 5.21. The van der Waals surface area contributed by atoms with E-state index in [0.717, 1.165) is 50.7 Å². The van der Waals surface area contributed by atoms with E-state index >= 15 is 0 Å². The Balaban J connectivity index is 2.44. The molecular formula is C14H26N2O2. The number of rotatable bonds is 9. The highest BCUT2D eigenvalue weighted by atomic mass is 16.5. The summed E-state index contributed by atoms with van der Waals surface area (Å²) >= 11 is 0. The zero-order chi connectivity index (χ0) is 13.4. The topological polar surface area (TPSA) is 37.6 Å². The van der Waals surface area contributed by atoms with E-state index in [9.17, 15) is 0 Å². The Morgan fingerprint density at radius 2 is 2.22 bits per heavy atom. The standard InChI is InChI=1S/C14H26N2O2/c1-5-6-15-10-13-9-14(18-12(13)2)11-16(3)7-8-17-4/h9,15H,5-8,10-11H2,1-4H3. The molecule has 1 N–H and O–H groups in total. The van der Waals surface area contributed by atoms with Crippen molar-refractivity contribution in [3.8, 4) is 0 Å². The molecule has 0 saturated heterocycles. The van der Waals surface area contributed by atoms with Crippen LogP contribution >= 0.6 is 0 Å². The average Bonchev–Trinajstić information content (AvgIpc) is 2.67. The molecule has 104 valence electrons. The second kappa shape index (κ2) is 8.29. The van der Waals surface area contributed by atoms with E-state index in [2.05, 4.69) is 30.3 Å². The lowest BCUT2D eigenvalue weighted by Crippen LogP contribution is -2.22. The van der Waals surface area contributed by atoms with E-state index in [1.165, 1.54) is 5.56 Å². The van der Waals surface area contributed by atoms with Gasteiger partial charge in [0, 0.05) is 25.8 Å². The quantitative estimate of drug-likeness (QED) is 0.685. The summed E-state index contributed by atoms with van der Waals surface area (Å²) in [6.45, 7) is 8.64. The van der Waals surface area contributed by atoms with Crippen LogP contribution in [-0.2, 0) is 17.8 Å². The zero-order valence-corrected chi connectivity index (χ0v) is 12.1. The van der Waals surface area contributed by atoms with E-state index in [4.69, 9.17) is 9.15 Å². The number of nitrogens with one attached hydrogen (secondary N) is 1. The number of ether oxygens (including phenoxy) is 1. The lowest BCUT2D eigenvalue weighted by atomic mass is 10.2. The third-order valence-electron chi connectivity index (χ3n) is 2.92. The highest BCUT2D eigenvalue weighted by Gasteiger charge is 2.09.